The fourth-order valence-electron chi connectivity index (χ4n) is 5.77. The van der Waals surface area contributed by atoms with E-state index in [-0.39, 0.29) is 17.3 Å². The molecule has 2 bridgehead atoms. The van der Waals surface area contributed by atoms with Crippen molar-refractivity contribution in [3.05, 3.63) is 48.1 Å². The van der Waals surface area contributed by atoms with Gasteiger partial charge in [-0.3, -0.25) is 4.90 Å². The summed E-state index contributed by atoms with van der Waals surface area (Å²) in [5, 5.41) is 21.0. The Kier molecular flexibility index (Phi) is 2.95. The number of phenols is 1. The summed E-state index contributed by atoms with van der Waals surface area (Å²) in [4.78, 5) is 2.53. The van der Waals surface area contributed by atoms with Crippen molar-refractivity contribution in [3.8, 4) is 11.5 Å². The van der Waals surface area contributed by atoms with Crippen molar-refractivity contribution in [2.24, 2.45) is 5.92 Å². The molecule has 2 aliphatic heterocycles. The van der Waals surface area contributed by atoms with Crippen LogP contribution in [0.5, 0.6) is 11.5 Å². The van der Waals surface area contributed by atoms with E-state index in [0.29, 0.717) is 17.7 Å². The summed E-state index contributed by atoms with van der Waals surface area (Å²) in [5.74, 6) is 1.12. The van der Waals surface area contributed by atoms with Crippen LogP contribution in [-0.2, 0) is 11.8 Å². The molecular weight excluding hydrogens is 302 g/mol. The monoisotopic (exact) mass is 325 g/mol. The minimum absolute atomic E-state index is 0.203. The second-order valence-corrected chi connectivity index (χ2v) is 7.59. The van der Waals surface area contributed by atoms with Crippen LogP contribution in [-0.4, -0.2) is 46.5 Å². The predicted octanol–water partition coefficient (Wildman–Crippen LogP) is 2.14. The van der Waals surface area contributed by atoms with Gasteiger partial charge in [0.2, 0.25) is 0 Å². The molecule has 2 N–H and O–H groups in total. The third kappa shape index (κ3) is 1.60. The Morgan fingerprint density at radius 3 is 3.08 bits per heavy atom. The van der Waals surface area contributed by atoms with Gasteiger partial charge in [0, 0.05) is 29.5 Å². The van der Waals surface area contributed by atoms with Crippen molar-refractivity contribution in [1.29, 1.82) is 0 Å². The lowest BCUT2D eigenvalue weighted by atomic mass is 9.55. The SMILES string of the molecule is C=CCN1CCC[C@]23c4c5ccc(O)c4O[C@H]2[C@@H](O)C=C[C@H]3[C@H]1C5. The lowest BCUT2D eigenvalue weighted by Gasteiger charge is -2.50. The standard InChI is InChI=1S/C20H23NO3/c1-2-9-21-10-3-8-20-13-5-7-16(23)19(20)24-18-15(22)6-4-12(17(18)20)11-14(13)21/h2,4-7,13-14,16,19,22-23H,1,3,8-11H2/t13-,14+,16-,19-,20-/m0/s1. The molecule has 1 saturated heterocycles. The molecule has 1 aromatic carbocycles. The molecule has 0 amide bonds. The Morgan fingerprint density at radius 2 is 2.25 bits per heavy atom. The number of aliphatic hydroxyl groups excluding tert-OH is 1. The number of likely N-dealkylation sites (tertiary alicyclic amines) is 1. The van der Waals surface area contributed by atoms with Crippen LogP contribution in [0.15, 0.2) is 36.9 Å². The molecule has 1 aromatic rings. The zero-order valence-corrected chi connectivity index (χ0v) is 13.7. The highest BCUT2D eigenvalue weighted by Gasteiger charge is 2.63. The van der Waals surface area contributed by atoms with Gasteiger partial charge < -0.3 is 14.9 Å². The smallest absolute Gasteiger partial charge is 0.165 e. The van der Waals surface area contributed by atoms with Crippen molar-refractivity contribution in [1.82, 2.24) is 4.90 Å². The quantitative estimate of drug-likeness (QED) is 0.818. The summed E-state index contributed by atoms with van der Waals surface area (Å²) in [7, 11) is 0. The third-order valence-electron chi connectivity index (χ3n) is 6.57. The number of aliphatic hydroxyl groups is 1. The number of nitrogens with zero attached hydrogens (tertiary/aromatic N) is 1. The molecule has 4 nitrogen and oxygen atoms in total. The number of hydrogen-bond donors (Lipinski definition) is 2. The van der Waals surface area contributed by atoms with Gasteiger partial charge in [0.25, 0.3) is 0 Å². The Bertz CT molecular complexity index is 743. The van der Waals surface area contributed by atoms with E-state index in [1.54, 1.807) is 6.07 Å². The van der Waals surface area contributed by atoms with Crippen LogP contribution in [0, 0.1) is 5.92 Å². The van der Waals surface area contributed by atoms with E-state index in [1.165, 1.54) is 5.56 Å². The molecule has 24 heavy (non-hydrogen) atoms. The predicted molar refractivity (Wildman–Crippen MR) is 91.3 cm³/mol. The summed E-state index contributed by atoms with van der Waals surface area (Å²) in [6.45, 7) is 5.86. The Morgan fingerprint density at radius 1 is 1.38 bits per heavy atom. The largest absolute Gasteiger partial charge is 0.504 e. The molecule has 5 rings (SSSR count). The van der Waals surface area contributed by atoms with E-state index in [1.807, 2.05) is 18.2 Å². The fourth-order valence-corrected chi connectivity index (χ4v) is 5.77. The van der Waals surface area contributed by atoms with Gasteiger partial charge in [0.1, 0.15) is 12.2 Å². The number of hydrogen-bond acceptors (Lipinski definition) is 4. The van der Waals surface area contributed by atoms with Crippen molar-refractivity contribution in [2.45, 2.75) is 42.9 Å². The van der Waals surface area contributed by atoms with Gasteiger partial charge in [-0.05, 0) is 37.4 Å². The molecule has 126 valence electrons. The first kappa shape index (κ1) is 14.6. The van der Waals surface area contributed by atoms with Crippen LogP contribution >= 0.6 is 0 Å². The molecule has 2 heterocycles. The molecule has 1 spiro atoms. The maximum Gasteiger partial charge on any atom is 0.165 e. The van der Waals surface area contributed by atoms with Crippen molar-refractivity contribution in [2.75, 3.05) is 13.1 Å². The van der Waals surface area contributed by atoms with Gasteiger partial charge in [-0.25, -0.2) is 0 Å². The number of ether oxygens (including phenoxy) is 1. The van der Waals surface area contributed by atoms with Gasteiger partial charge in [0.05, 0.1) is 0 Å². The van der Waals surface area contributed by atoms with Crippen LogP contribution in [0.25, 0.3) is 0 Å². The van der Waals surface area contributed by atoms with Crippen molar-refractivity contribution >= 4 is 0 Å². The molecule has 0 unspecified atom stereocenters. The molecule has 2 aliphatic carbocycles. The maximum absolute atomic E-state index is 10.6. The van der Waals surface area contributed by atoms with Crippen molar-refractivity contribution < 1.29 is 14.9 Å². The van der Waals surface area contributed by atoms with Crippen LogP contribution < -0.4 is 4.74 Å². The minimum Gasteiger partial charge on any atom is -0.504 e. The molecular formula is C20H23NO3. The van der Waals surface area contributed by atoms with Gasteiger partial charge >= 0.3 is 0 Å². The van der Waals surface area contributed by atoms with Crippen LogP contribution in [0.4, 0.5) is 0 Å². The highest BCUT2D eigenvalue weighted by molar-refractivity contribution is 5.61. The molecule has 4 heteroatoms. The minimum atomic E-state index is -0.620. The van der Waals surface area contributed by atoms with Gasteiger partial charge in [-0.2, -0.15) is 0 Å². The van der Waals surface area contributed by atoms with Gasteiger partial charge in [-0.15, -0.1) is 6.58 Å². The number of phenolic OH excluding ortho intramolecular Hbond substituents is 1. The normalized spacial score (nSPS) is 39.0. The van der Waals surface area contributed by atoms with Gasteiger partial charge in [-0.1, -0.05) is 24.3 Å². The topological polar surface area (TPSA) is 52.9 Å². The highest BCUT2D eigenvalue weighted by atomic mass is 16.5. The van der Waals surface area contributed by atoms with Crippen LogP contribution in [0.3, 0.4) is 0 Å². The average Bonchev–Trinajstić information content (AvgIpc) is 2.88. The molecule has 4 aliphatic rings. The summed E-state index contributed by atoms with van der Waals surface area (Å²) in [5.41, 5.74) is 2.22. The fraction of sp³-hybridized carbons (Fsp3) is 0.500. The van der Waals surface area contributed by atoms with Crippen LogP contribution in [0.2, 0.25) is 0 Å². The number of benzene rings is 1. The number of rotatable bonds is 2. The molecule has 0 aromatic heterocycles. The number of aromatic hydroxyl groups is 1. The van der Waals surface area contributed by atoms with E-state index < -0.39 is 6.10 Å². The second-order valence-electron chi connectivity index (χ2n) is 7.59. The van der Waals surface area contributed by atoms with E-state index in [0.717, 1.165) is 37.9 Å². The molecule has 1 fully saturated rings. The highest BCUT2D eigenvalue weighted by Crippen LogP contribution is 2.62. The summed E-state index contributed by atoms with van der Waals surface area (Å²) < 4.78 is 6.18. The lowest BCUT2D eigenvalue weighted by molar-refractivity contribution is -0.0101. The zero-order valence-electron chi connectivity index (χ0n) is 13.7. The first-order valence-corrected chi connectivity index (χ1v) is 8.90. The maximum atomic E-state index is 10.6. The molecule has 0 radical (unpaired) electrons. The lowest BCUT2D eigenvalue weighted by Crippen LogP contribution is -2.59. The summed E-state index contributed by atoms with van der Waals surface area (Å²) in [6, 6.07) is 4.18. The van der Waals surface area contributed by atoms with E-state index >= 15 is 0 Å². The molecule has 5 atom stereocenters. The van der Waals surface area contributed by atoms with E-state index in [2.05, 4.69) is 17.6 Å². The van der Waals surface area contributed by atoms with E-state index in [9.17, 15) is 10.2 Å². The second kappa shape index (κ2) is 4.87. The Hall–Kier alpha value is -1.78. The first-order valence-electron chi connectivity index (χ1n) is 8.90. The first-order chi connectivity index (χ1) is 11.7. The zero-order chi connectivity index (χ0) is 16.5. The van der Waals surface area contributed by atoms with Crippen LogP contribution in [0.1, 0.15) is 24.0 Å². The van der Waals surface area contributed by atoms with Gasteiger partial charge in [0.15, 0.2) is 11.5 Å². The third-order valence-corrected chi connectivity index (χ3v) is 6.57. The average molecular weight is 325 g/mol. The molecule has 0 saturated carbocycles. The van der Waals surface area contributed by atoms with E-state index in [4.69, 9.17) is 4.74 Å². The summed E-state index contributed by atoms with van der Waals surface area (Å²) in [6.07, 6.45) is 8.18. The summed E-state index contributed by atoms with van der Waals surface area (Å²) >= 11 is 0. The Labute approximate surface area is 142 Å². The Balaban J connectivity index is 1.77. The van der Waals surface area contributed by atoms with Crippen molar-refractivity contribution in [3.63, 3.8) is 0 Å².